The molecular weight excluding hydrogens is 411 g/mol. The summed E-state index contributed by atoms with van der Waals surface area (Å²) in [5, 5.41) is 3.66. The van der Waals surface area contributed by atoms with Crippen LogP contribution in [-0.4, -0.2) is 43.7 Å². The predicted molar refractivity (Wildman–Crippen MR) is 120 cm³/mol. The van der Waals surface area contributed by atoms with Crippen molar-refractivity contribution in [3.05, 3.63) is 65.7 Å². The smallest absolute Gasteiger partial charge is 0.343 e. The second-order valence-electron chi connectivity index (χ2n) is 6.93. The van der Waals surface area contributed by atoms with Gasteiger partial charge in [-0.05, 0) is 49.2 Å². The molecule has 1 aliphatic rings. The minimum atomic E-state index is -0.376. The van der Waals surface area contributed by atoms with Crippen molar-refractivity contribution in [1.82, 2.24) is 10.2 Å². The first-order chi connectivity index (χ1) is 13.2. The average Bonchev–Trinajstić information content (AvgIpc) is 2.73. The van der Waals surface area contributed by atoms with Gasteiger partial charge in [0.1, 0.15) is 5.75 Å². The standard InChI is InChI=1S/C22H28N2O3.2ClH/c1-26-22(25)17-27-21-9-7-18(8-10-21)15-23-20-11-13-24(14-12-20)16-19-5-3-2-4-6-19;;/h2-10,20,23H,11-17H2,1H3;2*1H. The van der Waals surface area contributed by atoms with E-state index in [1.807, 2.05) is 24.3 Å². The third-order valence-electron chi connectivity index (χ3n) is 4.94. The molecular formula is C22H30Cl2N2O3. The second kappa shape index (κ2) is 13.4. The minimum absolute atomic E-state index is 0. The number of nitrogens with one attached hydrogen (secondary N) is 1. The molecule has 5 nitrogen and oxygen atoms in total. The van der Waals surface area contributed by atoms with E-state index < -0.39 is 0 Å². The summed E-state index contributed by atoms with van der Waals surface area (Å²) < 4.78 is 9.93. The topological polar surface area (TPSA) is 50.8 Å². The lowest BCUT2D eigenvalue weighted by atomic mass is 10.0. The lowest BCUT2D eigenvalue weighted by Crippen LogP contribution is -2.41. The van der Waals surface area contributed by atoms with Gasteiger partial charge in [0.2, 0.25) is 0 Å². The highest BCUT2D eigenvalue weighted by molar-refractivity contribution is 5.85. The van der Waals surface area contributed by atoms with Crippen molar-refractivity contribution in [2.24, 2.45) is 0 Å². The summed E-state index contributed by atoms with van der Waals surface area (Å²) in [6, 6.07) is 19.1. The van der Waals surface area contributed by atoms with Crippen molar-refractivity contribution in [1.29, 1.82) is 0 Å². The predicted octanol–water partition coefficient (Wildman–Crippen LogP) is 3.84. The Morgan fingerprint density at radius 3 is 2.28 bits per heavy atom. The molecule has 2 aromatic rings. The molecule has 0 aliphatic carbocycles. The van der Waals surface area contributed by atoms with Crippen LogP contribution < -0.4 is 10.1 Å². The molecule has 7 heteroatoms. The van der Waals surface area contributed by atoms with Crippen molar-refractivity contribution in [2.45, 2.75) is 32.0 Å². The lowest BCUT2D eigenvalue weighted by molar-refractivity contribution is -0.142. The summed E-state index contributed by atoms with van der Waals surface area (Å²) in [4.78, 5) is 13.6. The molecule has 0 spiro atoms. The van der Waals surface area contributed by atoms with Gasteiger partial charge in [0.15, 0.2) is 6.61 Å². The summed E-state index contributed by atoms with van der Waals surface area (Å²) in [5.74, 6) is 0.303. The van der Waals surface area contributed by atoms with Crippen LogP contribution in [0, 0.1) is 0 Å². The molecule has 0 atom stereocenters. The van der Waals surface area contributed by atoms with Gasteiger partial charge < -0.3 is 14.8 Å². The Kier molecular flexibility index (Phi) is 11.7. The first kappa shape index (κ1) is 25.2. The number of hydrogen-bond donors (Lipinski definition) is 1. The van der Waals surface area contributed by atoms with Crippen LogP contribution in [0.5, 0.6) is 5.75 Å². The van der Waals surface area contributed by atoms with Crippen molar-refractivity contribution in [2.75, 3.05) is 26.8 Å². The number of likely N-dealkylation sites (tertiary alicyclic amines) is 1. The van der Waals surface area contributed by atoms with Gasteiger partial charge in [-0.15, -0.1) is 24.8 Å². The number of nitrogens with zero attached hydrogens (tertiary/aromatic N) is 1. The third kappa shape index (κ3) is 8.62. The van der Waals surface area contributed by atoms with Crippen LogP contribution in [-0.2, 0) is 22.6 Å². The Morgan fingerprint density at radius 2 is 1.66 bits per heavy atom. The Labute approximate surface area is 185 Å². The zero-order chi connectivity index (χ0) is 18.9. The number of carbonyl (C=O) groups excluding carboxylic acids is 1. The Balaban J connectivity index is 0.00000210. The Morgan fingerprint density at radius 1 is 1.00 bits per heavy atom. The zero-order valence-electron chi connectivity index (χ0n) is 16.7. The molecule has 0 radical (unpaired) electrons. The largest absolute Gasteiger partial charge is 0.482 e. The van der Waals surface area contributed by atoms with Gasteiger partial charge >= 0.3 is 5.97 Å². The molecule has 0 saturated carbocycles. The Hall–Kier alpha value is -1.79. The van der Waals surface area contributed by atoms with Crippen LogP contribution in [0.4, 0.5) is 0 Å². The Bertz CT molecular complexity index is 706. The van der Waals surface area contributed by atoms with E-state index >= 15 is 0 Å². The lowest BCUT2D eigenvalue weighted by Gasteiger charge is -2.32. The number of rotatable bonds is 8. The van der Waals surface area contributed by atoms with Crippen molar-refractivity contribution >= 4 is 30.8 Å². The molecule has 1 N–H and O–H groups in total. The van der Waals surface area contributed by atoms with E-state index in [4.69, 9.17) is 4.74 Å². The summed E-state index contributed by atoms with van der Waals surface area (Å²) in [6.07, 6.45) is 2.35. The molecule has 1 saturated heterocycles. The van der Waals surface area contributed by atoms with Crippen LogP contribution in [0.15, 0.2) is 54.6 Å². The highest BCUT2D eigenvalue weighted by atomic mass is 35.5. The van der Waals surface area contributed by atoms with Crippen LogP contribution in [0.2, 0.25) is 0 Å². The molecule has 2 aromatic carbocycles. The normalized spacial score (nSPS) is 14.4. The number of hydrogen-bond acceptors (Lipinski definition) is 5. The van der Waals surface area contributed by atoms with Gasteiger partial charge in [-0.25, -0.2) is 4.79 Å². The van der Waals surface area contributed by atoms with Crippen LogP contribution in [0.1, 0.15) is 24.0 Å². The van der Waals surface area contributed by atoms with E-state index in [1.54, 1.807) is 0 Å². The van der Waals surface area contributed by atoms with E-state index in [9.17, 15) is 4.79 Å². The molecule has 1 fully saturated rings. The summed E-state index contributed by atoms with van der Waals surface area (Å²) >= 11 is 0. The third-order valence-corrected chi connectivity index (χ3v) is 4.94. The summed E-state index contributed by atoms with van der Waals surface area (Å²) in [6.45, 7) is 4.09. The molecule has 3 rings (SSSR count). The molecule has 0 unspecified atom stereocenters. The van der Waals surface area contributed by atoms with E-state index in [0.717, 1.165) is 26.2 Å². The fourth-order valence-electron chi connectivity index (χ4n) is 3.30. The zero-order valence-corrected chi connectivity index (χ0v) is 18.3. The SMILES string of the molecule is COC(=O)COc1ccc(CNC2CCN(Cc3ccccc3)CC2)cc1.Cl.Cl. The molecule has 0 amide bonds. The van der Waals surface area contributed by atoms with E-state index in [1.165, 1.54) is 31.1 Å². The second-order valence-corrected chi connectivity index (χ2v) is 6.93. The van der Waals surface area contributed by atoms with Gasteiger partial charge in [0, 0.05) is 19.1 Å². The average molecular weight is 441 g/mol. The van der Waals surface area contributed by atoms with E-state index in [2.05, 4.69) is 45.3 Å². The number of carbonyl (C=O) groups is 1. The van der Waals surface area contributed by atoms with Crippen LogP contribution in [0.3, 0.4) is 0 Å². The van der Waals surface area contributed by atoms with E-state index in [-0.39, 0.29) is 37.4 Å². The maximum Gasteiger partial charge on any atom is 0.343 e. The van der Waals surface area contributed by atoms with E-state index in [0.29, 0.717) is 11.8 Å². The molecule has 160 valence electrons. The number of esters is 1. The molecule has 0 aromatic heterocycles. The minimum Gasteiger partial charge on any atom is -0.482 e. The summed E-state index contributed by atoms with van der Waals surface area (Å²) in [5.41, 5.74) is 2.60. The highest BCUT2D eigenvalue weighted by Crippen LogP contribution is 2.16. The summed E-state index contributed by atoms with van der Waals surface area (Å²) in [7, 11) is 1.35. The van der Waals surface area contributed by atoms with Crippen molar-refractivity contribution in [3.8, 4) is 5.75 Å². The van der Waals surface area contributed by atoms with Crippen molar-refractivity contribution in [3.63, 3.8) is 0 Å². The number of methoxy groups -OCH3 is 1. The number of halogens is 2. The van der Waals surface area contributed by atoms with Gasteiger partial charge in [-0.1, -0.05) is 42.5 Å². The number of piperidine rings is 1. The molecule has 1 aliphatic heterocycles. The van der Waals surface area contributed by atoms with Crippen LogP contribution in [0.25, 0.3) is 0 Å². The quantitative estimate of drug-likeness (QED) is 0.631. The molecule has 0 bridgehead atoms. The first-order valence-corrected chi connectivity index (χ1v) is 9.51. The number of ether oxygens (including phenoxy) is 2. The fourth-order valence-corrected chi connectivity index (χ4v) is 3.30. The van der Waals surface area contributed by atoms with Gasteiger partial charge in [-0.3, -0.25) is 4.90 Å². The molecule has 29 heavy (non-hydrogen) atoms. The van der Waals surface area contributed by atoms with Gasteiger partial charge in [-0.2, -0.15) is 0 Å². The van der Waals surface area contributed by atoms with Crippen molar-refractivity contribution < 1.29 is 14.3 Å². The fraction of sp³-hybridized carbons (Fsp3) is 0.409. The van der Waals surface area contributed by atoms with Crippen LogP contribution >= 0.6 is 24.8 Å². The molecule has 1 heterocycles. The maximum atomic E-state index is 11.1. The first-order valence-electron chi connectivity index (χ1n) is 9.51. The van der Waals surface area contributed by atoms with Gasteiger partial charge in [0.25, 0.3) is 0 Å². The number of benzene rings is 2. The van der Waals surface area contributed by atoms with Gasteiger partial charge in [0.05, 0.1) is 7.11 Å². The highest BCUT2D eigenvalue weighted by Gasteiger charge is 2.18. The maximum absolute atomic E-state index is 11.1. The monoisotopic (exact) mass is 440 g/mol.